The third kappa shape index (κ3) is 1.96. The van der Waals surface area contributed by atoms with Crippen molar-refractivity contribution in [3.63, 3.8) is 0 Å². The summed E-state index contributed by atoms with van der Waals surface area (Å²) in [6.45, 7) is 0.953. The Morgan fingerprint density at radius 1 is 1.29 bits per heavy atom. The van der Waals surface area contributed by atoms with Gasteiger partial charge in [-0.25, -0.2) is 4.39 Å². The van der Waals surface area contributed by atoms with E-state index in [1.807, 2.05) is 0 Å². The highest BCUT2D eigenvalue weighted by Crippen LogP contribution is 2.33. The summed E-state index contributed by atoms with van der Waals surface area (Å²) in [6, 6.07) is 6.19. The first-order chi connectivity index (χ1) is 8.04. The van der Waals surface area contributed by atoms with E-state index >= 15 is 0 Å². The number of nitrogens with zero attached hydrogens (tertiary/aromatic N) is 1. The zero-order chi connectivity index (χ0) is 12.6. The molecule has 0 fully saturated rings. The summed E-state index contributed by atoms with van der Waals surface area (Å²) >= 11 is 5.82. The second-order valence-electron chi connectivity index (χ2n) is 3.75. The molecular weight excluding hydrogens is 245 g/mol. The molecule has 1 aromatic heterocycles. The van der Waals surface area contributed by atoms with E-state index in [0.717, 1.165) is 5.56 Å². The maximum absolute atomic E-state index is 12.6. The van der Waals surface area contributed by atoms with Crippen LogP contribution in [0.15, 0.2) is 24.3 Å². The summed E-state index contributed by atoms with van der Waals surface area (Å²) in [4.78, 5) is 0. The third-order valence-corrected chi connectivity index (χ3v) is 2.81. The first kappa shape index (κ1) is 11.8. The lowest BCUT2D eigenvalue weighted by Crippen LogP contribution is -1.96. The lowest BCUT2D eigenvalue weighted by atomic mass is 10.2. The number of halogens is 2. The minimum atomic E-state index is -0.834. The van der Waals surface area contributed by atoms with E-state index in [9.17, 15) is 14.6 Å². The Morgan fingerprint density at radius 2 is 2.00 bits per heavy atom. The van der Waals surface area contributed by atoms with Gasteiger partial charge in [0.05, 0.1) is 5.69 Å². The first-order valence-corrected chi connectivity index (χ1v) is 5.37. The number of hydrogen-bond donors (Lipinski definition) is 2. The predicted molar refractivity (Wildman–Crippen MR) is 63.7 cm³/mol. The molecule has 2 rings (SSSR count). The molecule has 17 heavy (non-hydrogen) atoms. The van der Waals surface area contributed by atoms with Crippen molar-refractivity contribution < 1.29 is 14.6 Å². The number of benzene rings is 1. The van der Waals surface area contributed by atoms with Crippen LogP contribution >= 0.6 is 11.6 Å². The van der Waals surface area contributed by atoms with Crippen LogP contribution in [0.1, 0.15) is 11.1 Å². The fourth-order valence-corrected chi connectivity index (χ4v) is 1.97. The van der Waals surface area contributed by atoms with Crippen molar-refractivity contribution in [3.8, 4) is 17.4 Å². The third-order valence-electron chi connectivity index (χ3n) is 2.58. The quantitative estimate of drug-likeness (QED) is 0.865. The van der Waals surface area contributed by atoms with Crippen LogP contribution in [0, 0.1) is 6.92 Å². The van der Waals surface area contributed by atoms with Gasteiger partial charge in [0.15, 0.2) is 5.88 Å². The number of aromatic nitrogens is 1. The molecule has 0 aliphatic carbocycles. The molecule has 0 spiro atoms. The van der Waals surface area contributed by atoms with Gasteiger partial charge in [0.25, 0.3) is 0 Å². The zero-order valence-corrected chi connectivity index (χ0v) is 9.87. The van der Waals surface area contributed by atoms with E-state index in [4.69, 9.17) is 11.6 Å². The highest BCUT2D eigenvalue weighted by atomic mass is 35.5. The van der Waals surface area contributed by atoms with Gasteiger partial charge in [-0.1, -0.05) is 11.6 Å². The molecule has 0 aliphatic rings. The molecule has 5 heteroatoms. The minimum absolute atomic E-state index is 0.0526. The summed E-state index contributed by atoms with van der Waals surface area (Å²) in [5.74, 6) is -0.504. The summed E-state index contributed by atoms with van der Waals surface area (Å²) in [7, 11) is 0. The van der Waals surface area contributed by atoms with Crippen LogP contribution < -0.4 is 0 Å². The molecule has 1 aromatic carbocycles. The first-order valence-electron chi connectivity index (χ1n) is 4.99. The second-order valence-corrected chi connectivity index (χ2v) is 4.19. The maximum atomic E-state index is 12.6. The molecule has 2 aromatic rings. The molecule has 0 unspecified atom stereocenters. The molecule has 2 N–H and O–H groups in total. The smallest absolute Gasteiger partial charge is 0.204 e. The highest BCUT2D eigenvalue weighted by Gasteiger charge is 2.16. The number of rotatable bonds is 2. The Bertz CT molecular complexity index is 566. The second kappa shape index (κ2) is 4.30. The summed E-state index contributed by atoms with van der Waals surface area (Å²) in [6.07, 6.45) is 0. The number of aryl methyl sites for hydroxylation is 1. The molecule has 90 valence electrons. The molecule has 0 amide bonds. The van der Waals surface area contributed by atoms with Crippen molar-refractivity contribution in [3.05, 3.63) is 40.4 Å². The van der Waals surface area contributed by atoms with E-state index in [1.165, 1.54) is 10.6 Å². The Morgan fingerprint density at radius 3 is 2.53 bits per heavy atom. The highest BCUT2D eigenvalue weighted by molar-refractivity contribution is 6.30. The van der Waals surface area contributed by atoms with Crippen molar-refractivity contribution in [2.24, 2.45) is 0 Å². The van der Waals surface area contributed by atoms with E-state index in [1.54, 1.807) is 25.1 Å². The molecule has 3 nitrogen and oxygen atoms in total. The normalized spacial score (nSPS) is 10.8. The van der Waals surface area contributed by atoms with E-state index < -0.39 is 6.67 Å². The van der Waals surface area contributed by atoms with Gasteiger partial charge >= 0.3 is 0 Å². The molecule has 0 bridgehead atoms. The van der Waals surface area contributed by atoms with Gasteiger partial charge in [-0.2, -0.15) is 0 Å². The van der Waals surface area contributed by atoms with E-state index in [0.29, 0.717) is 10.7 Å². The molecule has 0 saturated heterocycles. The van der Waals surface area contributed by atoms with Crippen LogP contribution in [-0.4, -0.2) is 14.8 Å². The standard InChI is InChI=1S/C12H11ClFNO2/c1-7-4-9(13)2-3-10(7)15-11(16)5-8(6-14)12(15)17/h2-5,16-17H,6H2,1H3. The predicted octanol–water partition coefficient (Wildman–Crippen LogP) is 3.32. The fourth-order valence-electron chi connectivity index (χ4n) is 1.74. The lowest BCUT2D eigenvalue weighted by Gasteiger charge is -2.10. The Hall–Kier alpha value is -1.68. The van der Waals surface area contributed by atoms with E-state index in [2.05, 4.69) is 0 Å². The Kier molecular flexibility index (Phi) is 2.98. The summed E-state index contributed by atoms with van der Waals surface area (Å²) < 4.78 is 13.7. The summed E-state index contributed by atoms with van der Waals surface area (Å²) in [5.41, 5.74) is 1.38. The van der Waals surface area contributed by atoms with Gasteiger partial charge in [0.1, 0.15) is 6.67 Å². The Labute approximate surface area is 103 Å². The maximum Gasteiger partial charge on any atom is 0.204 e. The average molecular weight is 256 g/mol. The molecule has 0 atom stereocenters. The van der Waals surface area contributed by atoms with Gasteiger partial charge < -0.3 is 10.2 Å². The van der Waals surface area contributed by atoms with Crippen molar-refractivity contribution in [2.45, 2.75) is 13.6 Å². The molecular formula is C12H11ClFNO2. The van der Waals surface area contributed by atoms with Crippen molar-refractivity contribution in [1.29, 1.82) is 0 Å². The van der Waals surface area contributed by atoms with Crippen LogP contribution in [0.2, 0.25) is 5.02 Å². The van der Waals surface area contributed by atoms with Crippen molar-refractivity contribution in [1.82, 2.24) is 4.57 Å². The van der Waals surface area contributed by atoms with Crippen molar-refractivity contribution in [2.75, 3.05) is 0 Å². The van der Waals surface area contributed by atoms with Crippen LogP contribution in [0.3, 0.4) is 0 Å². The minimum Gasteiger partial charge on any atom is -0.494 e. The molecule has 0 saturated carbocycles. The molecule has 0 radical (unpaired) electrons. The lowest BCUT2D eigenvalue weighted by molar-refractivity contribution is 0.393. The Balaban J connectivity index is 2.64. The van der Waals surface area contributed by atoms with Gasteiger partial charge in [0, 0.05) is 16.7 Å². The largest absolute Gasteiger partial charge is 0.494 e. The van der Waals surface area contributed by atoms with Gasteiger partial charge in [-0.15, -0.1) is 0 Å². The fraction of sp³-hybridized carbons (Fsp3) is 0.167. The van der Waals surface area contributed by atoms with Crippen LogP contribution in [0.5, 0.6) is 11.8 Å². The van der Waals surface area contributed by atoms with Gasteiger partial charge in [0.2, 0.25) is 5.88 Å². The van der Waals surface area contributed by atoms with Gasteiger partial charge in [-0.05, 0) is 30.7 Å². The van der Waals surface area contributed by atoms with Crippen LogP contribution in [0.4, 0.5) is 4.39 Å². The summed E-state index contributed by atoms with van der Waals surface area (Å²) in [5, 5.41) is 20.0. The monoisotopic (exact) mass is 255 g/mol. The number of hydrogen-bond acceptors (Lipinski definition) is 2. The number of alkyl halides is 1. The molecule has 0 aliphatic heterocycles. The topological polar surface area (TPSA) is 45.4 Å². The van der Waals surface area contributed by atoms with E-state index in [-0.39, 0.29) is 17.3 Å². The van der Waals surface area contributed by atoms with Crippen LogP contribution in [-0.2, 0) is 6.67 Å². The van der Waals surface area contributed by atoms with Gasteiger partial charge in [-0.3, -0.25) is 4.57 Å². The number of aromatic hydroxyl groups is 2. The molecule has 1 heterocycles. The average Bonchev–Trinajstić information content (AvgIpc) is 2.55. The van der Waals surface area contributed by atoms with Crippen LogP contribution in [0.25, 0.3) is 5.69 Å². The SMILES string of the molecule is Cc1cc(Cl)ccc1-n1c(O)cc(CF)c1O. The zero-order valence-electron chi connectivity index (χ0n) is 9.11. The van der Waals surface area contributed by atoms with Crippen molar-refractivity contribution >= 4 is 11.6 Å².